The number of fused-ring (bicyclic) bond motifs is 1. The molecule has 0 saturated heterocycles. The van der Waals surface area contributed by atoms with Crippen LogP contribution in [0.15, 0.2) is 29.9 Å². The topological polar surface area (TPSA) is 50.1 Å². The highest BCUT2D eigenvalue weighted by Gasteiger charge is 2.24. The lowest BCUT2D eigenvalue weighted by Gasteiger charge is -2.30. The van der Waals surface area contributed by atoms with Crippen molar-refractivity contribution in [2.75, 3.05) is 25.5 Å². The molecular weight excluding hydrogens is 332 g/mol. The number of hydrogen-bond donors (Lipinski definition) is 0. The van der Waals surface area contributed by atoms with Gasteiger partial charge in [0.05, 0.1) is 17.5 Å². The molecule has 130 valence electrons. The highest BCUT2D eigenvalue weighted by molar-refractivity contribution is 7.09. The van der Waals surface area contributed by atoms with Crippen molar-refractivity contribution in [3.05, 3.63) is 46.0 Å². The SMILES string of the molecule is CN(C)c1nc(-c2cnn(C)c2)nc2c1CN(Cc1cccs1)CC2. The van der Waals surface area contributed by atoms with Crippen LogP contribution in [0.4, 0.5) is 5.82 Å². The van der Waals surface area contributed by atoms with Crippen LogP contribution >= 0.6 is 11.3 Å². The van der Waals surface area contributed by atoms with Gasteiger partial charge in [0.2, 0.25) is 0 Å². The third-order valence-electron chi connectivity index (χ3n) is 4.46. The molecule has 0 atom stereocenters. The summed E-state index contributed by atoms with van der Waals surface area (Å²) in [4.78, 5) is 15.7. The van der Waals surface area contributed by atoms with Crippen molar-refractivity contribution < 1.29 is 0 Å². The molecule has 0 radical (unpaired) electrons. The molecule has 3 aromatic heterocycles. The minimum atomic E-state index is 0.766. The molecule has 0 aliphatic carbocycles. The Hall–Kier alpha value is -2.25. The van der Waals surface area contributed by atoms with E-state index < -0.39 is 0 Å². The first-order valence-electron chi connectivity index (χ1n) is 8.41. The summed E-state index contributed by atoms with van der Waals surface area (Å²) in [6.07, 6.45) is 4.75. The fourth-order valence-corrected chi connectivity index (χ4v) is 3.99. The molecule has 0 fully saturated rings. The van der Waals surface area contributed by atoms with Crippen LogP contribution < -0.4 is 4.90 Å². The summed E-state index contributed by atoms with van der Waals surface area (Å²) in [5.74, 6) is 1.78. The van der Waals surface area contributed by atoms with Crippen molar-refractivity contribution in [1.29, 1.82) is 0 Å². The molecule has 7 heteroatoms. The number of anilines is 1. The van der Waals surface area contributed by atoms with Crippen molar-refractivity contribution >= 4 is 17.2 Å². The fraction of sp³-hybridized carbons (Fsp3) is 0.389. The summed E-state index contributed by atoms with van der Waals surface area (Å²) in [6.45, 7) is 2.92. The molecule has 0 aromatic carbocycles. The standard InChI is InChI=1S/C18H22N6S/c1-22(2)18-15-12-24(11-14-5-4-8-25-14)7-6-16(15)20-17(21-18)13-9-19-23(3)10-13/h4-5,8-10H,6-7,11-12H2,1-3H3. The Kier molecular flexibility index (Phi) is 4.27. The zero-order valence-corrected chi connectivity index (χ0v) is 15.6. The van der Waals surface area contributed by atoms with Crippen LogP contribution in [0.1, 0.15) is 16.1 Å². The smallest absolute Gasteiger partial charge is 0.164 e. The van der Waals surface area contributed by atoms with E-state index in [0.29, 0.717) is 0 Å². The maximum Gasteiger partial charge on any atom is 0.164 e. The van der Waals surface area contributed by atoms with E-state index >= 15 is 0 Å². The van der Waals surface area contributed by atoms with Gasteiger partial charge in [-0.2, -0.15) is 5.10 Å². The Morgan fingerprint density at radius 2 is 2.16 bits per heavy atom. The fourth-order valence-electron chi connectivity index (χ4n) is 3.25. The van der Waals surface area contributed by atoms with Crippen molar-refractivity contribution in [1.82, 2.24) is 24.6 Å². The van der Waals surface area contributed by atoms with Gasteiger partial charge in [0.25, 0.3) is 0 Å². The van der Waals surface area contributed by atoms with Gasteiger partial charge in [-0.15, -0.1) is 11.3 Å². The van der Waals surface area contributed by atoms with E-state index in [1.165, 1.54) is 16.1 Å². The van der Waals surface area contributed by atoms with Gasteiger partial charge in [-0.25, -0.2) is 9.97 Å². The third kappa shape index (κ3) is 3.29. The summed E-state index contributed by atoms with van der Waals surface area (Å²) in [5.41, 5.74) is 3.38. The second-order valence-corrected chi connectivity index (χ2v) is 7.67. The molecule has 0 bridgehead atoms. The summed E-state index contributed by atoms with van der Waals surface area (Å²) in [5, 5.41) is 6.39. The second kappa shape index (κ2) is 6.57. The molecule has 6 nitrogen and oxygen atoms in total. The lowest BCUT2D eigenvalue weighted by Crippen LogP contribution is -2.32. The summed E-state index contributed by atoms with van der Waals surface area (Å²) >= 11 is 1.82. The molecule has 4 heterocycles. The minimum Gasteiger partial charge on any atom is -0.362 e. The largest absolute Gasteiger partial charge is 0.362 e. The number of hydrogen-bond acceptors (Lipinski definition) is 6. The van der Waals surface area contributed by atoms with E-state index in [1.54, 1.807) is 4.68 Å². The van der Waals surface area contributed by atoms with Crippen LogP contribution in [0.25, 0.3) is 11.4 Å². The van der Waals surface area contributed by atoms with E-state index in [2.05, 4.69) is 32.4 Å². The molecule has 3 aromatic rings. The van der Waals surface area contributed by atoms with E-state index in [-0.39, 0.29) is 0 Å². The van der Waals surface area contributed by atoms with Crippen LogP contribution in [0.5, 0.6) is 0 Å². The zero-order valence-electron chi connectivity index (χ0n) is 14.8. The van der Waals surface area contributed by atoms with E-state index in [0.717, 1.165) is 43.3 Å². The number of rotatable bonds is 4. The molecule has 1 aliphatic rings. The minimum absolute atomic E-state index is 0.766. The molecule has 0 saturated carbocycles. The van der Waals surface area contributed by atoms with Crippen molar-refractivity contribution in [3.8, 4) is 11.4 Å². The van der Waals surface area contributed by atoms with Gasteiger partial charge in [-0.1, -0.05) is 6.07 Å². The first kappa shape index (κ1) is 16.2. The van der Waals surface area contributed by atoms with Crippen LogP contribution in [0.2, 0.25) is 0 Å². The molecule has 0 N–H and O–H groups in total. The number of thiophene rings is 1. The quantitative estimate of drug-likeness (QED) is 0.721. The van der Waals surface area contributed by atoms with E-state index in [9.17, 15) is 0 Å². The average molecular weight is 354 g/mol. The van der Waals surface area contributed by atoms with Crippen LogP contribution in [0, 0.1) is 0 Å². The Morgan fingerprint density at radius 1 is 1.28 bits per heavy atom. The number of nitrogens with zero attached hydrogens (tertiary/aromatic N) is 6. The second-order valence-electron chi connectivity index (χ2n) is 6.63. The maximum absolute atomic E-state index is 4.86. The monoisotopic (exact) mass is 354 g/mol. The van der Waals surface area contributed by atoms with Gasteiger partial charge in [-0.05, 0) is 11.4 Å². The van der Waals surface area contributed by atoms with Gasteiger partial charge >= 0.3 is 0 Å². The van der Waals surface area contributed by atoms with Crippen LogP contribution in [-0.2, 0) is 26.6 Å². The number of aromatic nitrogens is 4. The van der Waals surface area contributed by atoms with Crippen molar-refractivity contribution in [3.63, 3.8) is 0 Å². The zero-order chi connectivity index (χ0) is 17.4. The lowest BCUT2D eigenvalue weighted by atomic mass is 10.1. The Bertz CT molecular complexity index is 868. The normalized spacial score (nSPS) is 14.5. The molecular formula is C18H22N6S. The summed E-state index contributed by atoms with van der Waals surface area (Å²) in [6, 6.07) is 4.32. The Labute approximate surface area is 151 Å². The Morgan fingerprint density at radius 3 is 2.84 bits per heavy atom. The molecule has 0 amide bonds. The van der Waals surface area contributed by atoms with E-state index in [1.807, 2.05) is 44.9 Å². The van der Waals surface area contributed by atoms with Crippen molar-refractivity contribution in [2.45, 2.75) is 19.5 Å². The van der Waals surface area contributed by atoms with E-state index in [4.69, 9.17) is 9.97 Å². The number of aryl methyl sites for hydroxylation is 1. The van der Waals surface area contributed by atoms with Gasteiger partial charge < -0.3 is 4.90 Å². The summed E-state index contributed by atoms with van der Waals surface area (Å²) < 4.78 is 1.79. The highest BCUT2D eigenvalue weighted by atomic mass is 32.1. The maximum atomic E-state index is 4.86. The molecule has 0 spiro atoms. The predicted molar refractivity (Wildman–Crippen MR) is 101 cm³/mol. The molecule has 25 heavy (non-hydrogen) atoms. The summed E-state index contributed by atoms with van der Waals surface area (Å²) in [7, 11) is 6.01. The first-order chi connectivity index (χ1) is 12.1. The van der Waals surface area contributed by atoms with Gasteiger partial charge in [0.1, 0.15) is 5.82 Å². The van der Waals surface area contributed by atoms with Gasteiger partial charge in [-0.3, -0.25) is 9.58 Å². The average Bonchev–Trinajstić information content (AvgIpc) is 3.25. The van der Waals surface area contributed by atoms with Crippen molar-refractivity contribution in [2.24, 2.45) is 7.05 Å². The molecule has 0 unspecified atom stereocenters. The van der Waals surface area contributed by atoms with Gasteiger partial charge in [0.15, 0.2) is 5.82 Å². The highest BCUT2D eigenvalue weighted by Crippen LogP contribution is 2.29. The molecule has 1 aliphatic heterocycles. The third-order valence-corrected chi connectivity index (χ3v) is 5.32. The molecule has 4 rings (SSSR count). The lowest BCUT2D eigenvalue weighted by molar-refractivity contribution is 0.245. The van der Waals surface area contributed by atoms with Crippen LogP contribution in [-0.4, -0.2) is 45.3 Å². The van der Waals surface area contributed by atoms with Crippen LogP contribution in [0.3, 0.4) is 0 Å². The first-order valence-corrected chi connectivity index (χ1v) is 9.29. The predicted octanol–water partition coefficient (Wildman–Crippen LogP) is 2.56. The Balaban J connectivity index is 1.67. The van der Waals surface area contributed by atoms with Gasteiger partial charge in [0, 0.05) is 63.8 Å².